The Bertz CT molecular complexity index is 239. The van der Waals surface area contributed by atoms with Crippen LogP contribution in [0.3, 0.4) is 0 Å². The fourth-order valence-electron chi connectivity index (χ4n) is 0.794. The third-order valence-electron chi connectivity index (χ3n) is 1.50. The van der Waals surface area contributed by atoms with Crippen molar-refractivity contribution in [1.29, 1.82) is 5.26 Å². The zero-order valence-corrected chi connectivity index (χ0v) is 10.2. The van der Waals surface area contributed by atoms with Crippen LogP contribution >= 0.6 is 7.82 Å². The zero-order chi connectivity index (χ0) is 11.6. The van der Waals surface area contributed by atoms with Crippen LogP contribution in [0, 0.1) is 11.3 Å². The Kier molecular flexibility index (Phi) is 8.64. The molecule has 0 aromatic heterocycles. The number of unbranched alkanes of at least 4 members (excludes halogenated alkanes) is 1. The molecule has 0 spiro atoms. The van der Waals surface area contributed by atoms with Crippen LogP contribution in [0.25, 0.3) is 0 Å². The van der Waals surface area contributed by atoms with Crippen molar-refractivity contribution in [3.8, 4) is 6.07 Å². The molecular formula is C9H18NO4P. The highest BCUT2D eigenvalue weighted by Gasteiger charge is 2.25. The highest BCUT2D eigenvalue weighted by atomic mass is 31.2. The van der Waals surface area contributed by atoms with Gasteiger partial charge in [-0.1, -0.05) is 13.3 Å². The Morgan fingerprint density at radius 1 is 1.20 bits per heavy atom. The summed E-state index contributed by atoms with van der Waals surface area (Å²) < 4.78 is 26.7. The summed E-state index contributed by atoms with van der Waals surface area (Å²) in [6.07, 6.45) is 1.93. The lowest BCUT2D eigenvalue weighted by molar-refractivity contribution is 0.118. The predicted octanol–water partition coefficient (Wildman–Crippen LogP) is 2.88. The van der Waals surface area contributed by atoms with E-state index in [1.165, 1.54) is 0 Å². The summed E-state index contributed by atoms with van der Waals surface area (Å²) in [5, 5.41) is 8.31. The van der Waals surface area contributed by atoms with Crippen molar-refractivity contribution < 1.29 is 18.1 Å². The van der Waals surface area contributed by atoms with Crippen LogP contribution in [0.4, 0.5) is 0 Å². The maximum Gasteiger partial charge on any atom is 0.474 e. The molecule has 0 saturated carbocycles. The number of hydrogen-bond donors (Lipinski definition) is 0. The first-order valence-electron chi connectivity index (χ1n) is 5.09. The summed E-state index contributed by atoms with van der Waals surface area (Å²) in [4.78, 5) is 0. The van der Waals surface area contributed by atoms with Crippen LogP contribution in [0.5, 0.6) is 0 Å². The number of nitriles is 1. The summed E-state index contributed by atoms with van der Waals surface area (Å²) in [6, 6.07) is 1.89. The van der Waals surface area contributed by atoms with Crippen LogP contribution < -0.4 is 0 Å². The smallest absolute Gasteiger partial charge is 0.287 e. The number of rotatable bonds is 9. The molecule has 0 amide bonds. The van der Waals surface area contributed by atoms with E-state index in [4.69, 9.17) is 18.8 Å². The van der Waals surface area contributed by atoms with Crippen molar-refractivity contribution in [3.63, 3.8) is 0 Å². The molecule has 15 heavy (non-hydrogen) atoms. The Morgan fingerprint density at radius 2 is 1.87 bits per heavy atom. The molecule has 88 valence electrons. The van der Waals surface area contributed by atoms with Crippen LogP contribution in [0.1, 0.15) is 33.1 Å². The van der Waals surface area contributed by atoms with Crippen LogP contribution in [-0.4, -0.2) is 19.8 Å². The van der Waals surface area contributed by atoms with E-state index in [1.54, 1.807) is 6.92 Å². The van der Waals surface area contributed by atoms with Crippen molar-refractivity contribution in [1.82, 2.24) is 0 Å². The topological polar surface area (TPSA) is 68.6 Å². The Labute approximate surface area is 90.9 Å². The standard InChI is InChI=1S/C9H18NO4P/c1-3-5-8-13-15(11,12-4-2)14-9-6-7-10/h3-6,8-9H2,1-2H3. The SMILES string of the molecule is CCCCOP(=O)(OCC)OCCC#N. The highest BCUT2D eigenvalue weighted by Crippen LogP contribution is 2.49. The average Bonchev–Trinajstić information content (AvgIpc) is 2.19. The summed E-state index contributed by atoms with van der Waals surface area (Å²) >= 11 is 0. The van der Waals surface area contributed by atoms with Gasteiger partial charge in [-0.2, -0.15) is 5.26 Å². The van der Waals surface area contributed by atoms with E-state index in [-0.39, 0.29) is 19.6 Å². The van der Waals surface area contributed by atoms with Gasteiger partial charge in [-0.25, -0.2) is 4.57 Å². The monoisotopic (exact) mass is 235 g/mol. The van der Waals surface area contributed by atoms with Gasteiger partial charge in [0.15, 0.2) is 0 Å². The predicted molar refractivity (Wildman–Crippen MR) is 56.3 cm³/mol. The molecule has 0 fully saturated rings. The maximum absolute atomic E-state index is 11.8. The molecular weight excluding hydrogens is 217 g/mol. The molecule has 6 heteroatoms. The van der Waals surface area contributed by atoms with Gasteiger partial charge in [-0.3, -0.25) is 13.6 Å². The normalized spacial score (nSPS) is 14.5. The quantitative estimate of drug-likeness (QED) is 0.454. The van der Waals surface area contributed by atoms with Gasteiger partial charge >= 0.3 is 7.82 Å². The lowest BCUT2D eigenvalue weighted by atomic mass is 10.4. The minimum atomic E-state index is -3.43. The van der Waals surface area contributed by atoms with Gasteiger partial charge in [0.1, 0.15) is 0 Å². The van der Waals surface area contributed by atoms with E-state index < -0.39 is 7.82 Å². The third kappa shape index (κ3) is 7.52. The molecule has 0 aromatic rings. The van der Waals surface area contributed by atoms with Crippen molar-refractivity contribution in [2.75, 3.05) is 19.8 Å². The van der Waals surface area contributed by atoms with E-state index in [0.717, 1.165) is 12.8 Å². The molecule has 5 nitrogen and oxygen atoms in total. The fourth-order valence-corrected chi connectivity index (χ4v) is 2.00. The molecule has 0 rings (SSSR count). The Morgan fingerprint density at radius 3 is 2.40 bits per heavy atom. The molecule has 0 aliphatic rings. The largest absolute Gasteiger partial charge is 0.474 e. The summed E-state index contributed by atoms with van der Waals surface area (Å²) in [5.74, 6) is 0. The lowest BCUT2D eigenvalue weighted by Gasteiger charge is -2.16. The van der Waals surface area contributed by atoms with Gasteiger partial charge in [0.25, 0.3) is 0 Å². The summed E-state index contributed by atoms with van der Waals surface area (Å²) in [7, 11) is -3.43. The van der Waals surface area contributed by atoms with Crippen molar-refractivity contribution in [2.45, 2.75) is 33.1 Å². The van der Waals surface area contributed by atoms with E-state index in [9.17, 15) is 4.57 Å². The van der Waals surface area contributed by atoms with Gasteiger partial charge in [-0.05, 0) is 13.3 Å². The van der Waals surface area contributed by atoms with Crippen molar-refractivity contribution in [3.05, 3.63) is 0 Å². The molecule has 0 saturated heterocycles. The van der Waals surface area contributed by atoms with Crippen molar-refractivity contribution >= 4 is 7.82 Å². The second-order valence-electron chi connectivity index (χ2n) is 2.79. The van der Waals surface area contributed by atoms with E-state index in [2.05, 4.69) is 0 Å². The van der Waals surface area contributed by atoms with E-state index in [0.29, 0.717) is 6.61 Å². The number of phosphoric ester groups is 1. The second-order valence-corrected chi connectivity index (χ2v) is 4.46. The van der Waals surface area contributed by atoms with Gasteiger partial charge in [0.2, 0.25) is 0 Å². The zero-order valence-electron chi connectivity index (χ0n) is 9.27. The minimum Gasteiger partial charge on any atom is -0.287 e. The first kappa shape index (κ1) is 14.6. The fraction of sp³-hybridized carbons (Fsp3) is 0.889. The van der Waals surface area contributed by atoms with Gasteiger partial charge in [-0.15, -0.1) is 0 Å². The maximum atomic E-state index is 11.8. The van der Waals surface area contributed by atoms with Gasteiger partial charge < -0.3 is 0 Å². The molecule has 0 N–H and O–H groups in total. The highest BCUT2D eigenvalue weighted by molar-refractivity contribution is 7.48. The molecule has 0 aliphatic carbocycles. The van der Waals surface area contributed by atoms with Gasteiger partial charge in [0.05, 0.1) is 32.3 Å². The molecule has 0 bridgehead atoms. The van der Waals surface area contributed by atoms with Gasteiger partial charge in [0, 0.05) is 0 Å². The Balaban J connectivity index is 3.96. The summed E-state index contributed by atoms with van der Waals surface area (Å²) in [6.45, 7) is 4.39. The van der Waals surface area contributed by atoms with Crippen LogP contribution in [-0.2, 0) is 18.1 Å². The number of phosphoric acid groups is 1. The molecule has 0 heterocycles. The van der Waals surface area contributed by atoms with Crippen molar-refractivity contribution in [2.24, 2.45) is 0 Å². The van der Waals surface area contributed by atoms with Crippen LogP contribution in [0.15, 0.2) is 0 Å². The first-order chi connectivity index (χ1) is 7.18. The van der Waals surface area contributed by atoms with E-state index >= 15 is 0 Å². The molecule has 1 atom stereocenters. The molecule has 0 radical (unpaired) electrons. The second kappa shape index (κ2) is 8.87. The number of hydrogen-bond acceptors (Lipinski definition) is 5. The molecule has 0 aromatic carbocycles. The van der Waals surface area contributed by atoms with Crippen LogP contribution in [0.2, 0.25) is 0 Å². The summed E-state index contributed by atoms with van der Waals surface area (Å²) in [5.41, 5.74) is 0. The molecule has 1 unspecified atom stereocenters. The first-order valence-corrected chi connectivity index (χ1v) is 6.55. The average molecular weight is 235 g/mol. The number of nitrogens with zero attached hydrogens (tertiary/aromatic N) is 1. The third-order valence-corrected chi connectivity index (χ3v) is 3.07. The minimum absolute atomic E-state index is 0.0693. The Hall–Kier alpha value is -0.400. The lowest BCUT2D eigenvalue weighted by Crippen LogP contribution is -2.02. The molecule has 0 aliphatic heterocycles. The van der Waals surface area contributed by atoms with E-state index in [1.807, 2.05) is 13.0 Å².